The fourth-order valence-corrected chi connectivity index (χ4v) is 8.21. The van der Waals surface area contributed by atoms with Gasteiger partial charge in [0.2, 0.25) is 0 Å². The highest BCUT2D eigenvalue weighted by molar-refractivity contribution is 7.98. The van der Waals surface area contributed by atoms with Crippen LogP contribution in [0.15, 0.2) is 12.1 Å². The van der Waals surface area contributed by atoms with Gasteiger partial charge in [-0.3, -0.25) is 0 Å². The van der Waals surface area contributed by atoms with Crippen molar-refractivity contribution < 1.29 is 10.0 Å². The minimum Gasteiger partial charge on any atom is -0.351 e. The van der Waals surface area contributed by atoms with Gasteiger partial charge in [-0.1, -0.05) is 36.8 Å². The smallest absolute Gasteiger partial charge is 0.147 e. The van der Waals surface area contributed by atoms with E-state index in [0.29, 0.717) is 17.0 Å². The maximum Gasteiger partial charge on any atom is 0.147 e. The first kappa shape index (κ1) is 21.0. The van der Waals surface area contributed by atoms with E-state index in [0.717, 1.165) is 10.8 Å². The van der Waals surface area contributed by atoms with Crippen molar-refractivity contribution in [3.05, 3.63) is 21.9 Å². The molecule has 164 valence electrons. The Balaban J connectivity index is 1.53. The maximum absolute atomic E-state index is 11.1. The normalized spacial score (nSPS) is 32.5. The van der Waals surface area contributed by atoms with E-state index in [2.05, 4.69) is 31.0 Å². The molecule has 3 heterocycles. The molecule has 0 unspecified atom stereocenters. The van der Waals surface area contributed by atoms with Crippen molar-refractivity contribution in [1.82, 2.24) is 0 Å². The number of hydrogen-bond acceptors (Lipinski definition) is 2. The van der Waals surface area contributed by atoms with Crippen LogP contribution in [0.1, 0.15) is 80.9 Å². The number of aliphatic hydroxyl groups is 1. The summed E-state index contributed by atoms with van der Waals surface area (Å²) in [4.78, 5) is 8.36. The zero-order valence-corrected chi connectivity index (χ0v) is 20.2. The van der Waals surface area contributed by atoms with Gasteiger partial charge >= 0.3 is 0 Å². The van der Waals surface area contributed by atoms with Crippen LogP contribution in [-0.2, 0) is 0 Å². The first-order chi connectivity index (χ1) is 14.6. The second-order valence-corrected chi connectivity index (χ2v) is 12.1. The van der Waals surface area contributed by atoms with Crippen LogP contribution in [0.2, 0.25) is 0 Å². The van der Waals surface area contributed by atoms with Gasteiger partial charge in [-0.2, -0.15) is 0 Å². The van der Waals surface area contributed by atoms with E-state index < -0.39 is 0 Å². The SMILES string of the molecule is CC1CCC(C2=S=C(O)c3sc(C4=CCCCC4)cc3N2C2CC[NH+](C)CC2)CC1. The summed E-state index contributed by atoms with van der Waals surface area (Å²) in [6.07, 6.45) is 15.2. The predicted molar refractivity (Wildman–Crippen MR) is 133 cm³/mol. The summed E-state index contributed by atoms with van der Waals surface area (Å²) < 4.78 is 0. The van der Waals surface area contributed by atoms with Crippen LogP contribution >= 0.6 is 22.3 Å². The third kappa shape index (κ3) is 4.11. The molecular weight excluding hydrogens is 408 g/mol. The second kappa shape index (κ2) is 8.93. The number of anilines is 1. The average Bonchev–Trinajstić information content (AvgIpc) is 3.22. The number of rotatable bonds is 3. The predicted octanol–water partition coefficient (Wildman–Crippen LogP) is 4.93. The Morgan fingerprint density at radius 1 is 1.07 bits per heavy atom. The van der Waals surface area contributed by atoms with E-state index in [1.54, 1.807) is 15.8 Å². The molecule has 2 fully saturated rings. The number of piperidine rings is 1. The van der Waals surface area contributed by atoms with E-state index in [4.69, 9.17) is 0 Å². The molecule has 0 bridgehead atoms. The van der Waals surface area contributed by atoms with Crippen molar-refractivity contribution in [3.8, 4) is 0 Å². The van der Waals surface area contributed by atoms with Crippen LogP contribution in [0, 0.1) is 11.8 Å². The lowest BCUT2D eigenvalue weighted by Gasteiger charge is -2.42. The van der Waals surface area contributed by atoms with Crippen LogP contribution in [-0.4, -0.2) is 41.3 Å². The number of aliphatic hydroxyl groups excluding tert-OH is 1. The molecule has 3 nitrogen and oxygen atoms in total. The van der Waals surface area contributed by atoms with Gasteiger partial charge in [-0.25, -0.2) is 0 Å². The fourth-order valence-electron chi connectivity index (χ4n) is 5.76. The lowest BCUT2D eigenvalue weighted by Crippen LogP contribution is -3.10. The van der Waals surface area contributed by atoms with Crippen LogP contribution in [0.25, 0.3) is 5.57 Å². The van der Waals surface area contributed by atoms with Gasteiger partial charge in [-0.05, 0) is 56.1 Å². The first-order valence-electron chi connectivity index (χ1n) is 12.1. The number of hydrogen-bond donors (Lipinski definition) is 2. The largest absolute Gasteiger partial charge is 0.351 e. The minimum absolute atomic E-state index is 0.557. The van der Waals surface area contributed by atoms with Crippen molar-refractivity contribution in [2.75, 3.05) is 25.0 Å². The molecule has 0 atom stereocenters. The molecule has 1 aromatic rings. The standard InChI is InChI=1S/C25H36N2OS2/c1-17-8-10-19(11-9-17)24-27(20-12-14-26(2)15-13-20)21-16-22(18-6-4-3-5-7-18)29-23(21)25(28)30-24/h6,16-17,19-20,28H,3-5,7-15H2,1-2H3/p+1. The topological polar surface area (TPSA) is 27.9 Å². The van der Waals surface area contributed by atoms with Crippen molar-refractivity contribution >= 4 is 43.6 Å². The zero-order valence-electron chi connectivity index (χ0n) is 18.6. The Hall–Kier alpha value is -0.880. The van der Waals surface area contributed by atoms with Gasteiger partial charge in [-0.15, -0.1) is 11.3 Å². The van der Waals surface area contributed by atoms with Gasteiger partial charge in [0.05, 0.1) is 35.7 Å². The van der Waals surface area contributed by atoms with Crippen LogP contribution in [0.3, 0.4) is 0 Å². The monoisotopic (exact) mass is 445 g/mol. The van der Waals surface area contributed by atoms with E-state index in [-0.39, 0.29) is 0 Å². The summed E-state index contributed by atoms with van der Waals surface area (Å²) >= 11 is 1.83. The lowest BCUT2D eigenvalue weighted by atomic mass is 9.82. The van der Waals surface area contributed by atoms with Crippen LogP contribution in [0.4, 0.5) is 5.69 Å². The molecular formula is C25H37N2OS2+. The van der Waals surface area contributed by atoms with E-state index >= 15 is 0 Å². The Kier molecular flexibility index (Phi) is 6.25. The maximum atomic E-state index is 11.1. The summed E-state index contributed by atoms with van der Waals surface area (Å²) in [6, 6.07) is 3.02. The number of likely N-dealkylation sites (tertiary alicyclic amines) is 1. The minimum atomic E-state index is 0.557. The molecule has 0 spiro atoms. The first-order valence-corrected chi connectivity index (χ1v) is 13.8. The van der Waals surface area contributed by atoms with Gasteiger partial charge in [0, 0.05) is 29.7 Å². The molecule has 1 saturated carbocycles. The van der Waals surface area contributed by atoms with Crippen molar-refractivity contribution in [2.24, 2.45) is 11.8 Å². The Morgan fingerprint density at radius 2 is 1.83 bits per heavy atom. The van der Waals surface area contributed by atoms with Crippen LogP contribution < -0.4 is 9.80 Å². The third-order valence-corrected chi connectivity index (χ3v) is 10.2. The number of nitrogens with one attached hydrogen (secondary N) is 1. The van der Waals surface area contributed by atoms with E-state index in [1.165, 1.54) is 98.4 Å². The molecule has 5 rings (SSSR count). The van der Waals surface area contributed by atoms with Crippen molar-refractivity contribution in [3.63, 3.8) is 0 Å². The molecule has 2 N–H and O–H groups in total. The van der Waals surface area contributed by atoms with E-state index in [1.807, 2.05) is 11.3 Å². The molecule has 30 heavy (non-hydrogen) atoms. The van der Waals surface area contributed by atoms with Gasteiger partial charge in [0.25, 0.3) is 0 Å². The average molecular weight is 446 g/mol. The molecule has 0 aromatic carbocycles. The molecule has 4 aliphatic rings. The van der Waals surface area contributed by atoms with E-state index in [9.17, 15) is 5.11 Å². The van der Waals surface area contributed by atoms with Crippen LogP contribution in [0.5, 0.6) is 0 Å². The fraction of sp³-hybridized carbons (Fsp3) is 0.680. The molecule has 1 aromatic heterocycles. The summed E-state index contributed by atoms with van der Waals surface area (Å²) in [5.74, 6) is 1.47. The number of nitrogens with zero attached hydrogens (tertiary/aromatic N) is 1. The third-order valence-electron chi connectivity index (χ3n) is 7.75. The zero-order chi connectivity index (χ0) is 20.7. The lowest BCUT2D eigenvalue weighted by molar-refractivity contribution is -0.884. The van der Waals surface area contributed by atoms with Crippen molar-refractivity contribution in [2.45, 2.75) is 77.2 Å². The number of thiophene rings is 1. The number of fused-ring (bicyclic) bond motifs is 1. The summed E-state index contributed by atoms with van der Waals surface area (Å²) in [7, 11) is 4.03. The van der Waals surface area contributed by atoms with Gasteiger partial charge in [0.1, 0.15) is 5.05 Å². The molecule has 0 amide bonds. The molecule has 2 aliphatic heterocycles. The Morgan fingerprint density at radius 3 is 2.53 bits per heavy atom. The summed E-state index contributed by atoms with van der Waals surface area (Å²) in [5.41, 5.74) is 2.83. The molecule has 2 aliphatic carbocycles. The van der Waals surface area contributed by atoms with Crippen molar-refractivity contribution in [1.29, 1.82) is 0 Å². The van der Waals surface area contributed by atoms with Gasteiger partial charge < -0.3 is 14.9 Å². The van der Waals surface area contributed by atoms with Gasteiger partial charge in [0.15, 0.2) is 0 Å². The Labute approximate surface area is 189 Å². The highest BCUT2D eigenvalue weighted by Gasteiger charge is 2.37. The number of allylic oxidation sites excluding steroid dienone is 2. The Bertz CT molecular complexity index is 879. The highest BCUT2D eigenvalue weighted by Crippen LogP contribution is 2.43. The number of quaternary nitrogens is 1. The quantitative estimate of drug-likeness (QED) is 0.646. The molecule has 5 heteroatoms. The summed E-state index contributed by atoms with van der Waals surface area (Å²) in [5, 5.41) is 11.7. The molecule has 1 saturated heterocycles. The highest BCUT2D eigenvalue weighted by atomic mass is 32.1. The summed E-state index contributed by atoms with van der Waals surface area (Å²) in [6.45, 7) is 4.92. The second-order valence-electron chi connectivity index (χ2n) is 10.1. The molecule has 0 radical (unpaired) electrons.